The summed E-state index contributed by atoms with van der Waals surface area (Å²) in [6, 6.07) is 12.7. The highest BCUT2D eigenvalue weighted by Crippen LogP contribution is 2.46. The Morgan fingerprint density at radius 1 is 1.03 bits per heavy atom. The summed E-state index contributed by atoms with van der Waals surface area (Å²) in [5.41, 5.74) is 1.97. The summed E-state index contributed by atoms with van der Waals surface area (Å²) in [5.74, 6) is -1.41. The van der Waals surface area contributed by atoms with Gasteiger partial charge in [-0.15, -0.1) is 0 Å². The van der Waals surface area contributed by atoms with E-state index in [9.17, 15) is 9.59 Å². The van der Waals surface area contributed by atoms with Crippen LogP contribution >= 0.6 is 0 Å². The van der Waals surface area contributed by atoms with E-state index in [1.54, 1.807) is 13.0 Å². The standard InChI is InChI=1S/C25H27FO4/c1-2-29-25(28)19-10-6-9-18(19)24(27)21-13-20(17-11-12-17)23(14-22(21)26)30-15-16-7-4-3-5-8-16/h3-5,7-8,13-14,17-19H,2,6,9-12,15H2,1H3/t18-,19-/m1/s1. The van der Waals surface area contributed by atoms with Crippen molar-refractivity contribution in [3.63, 3.8) is 0 Å². The minimum Gasteiger partial charge on any atom is -0.489 e. The lowest BCUT2D eigenvalue weighted by Crippen LogP contribution is -2.28. The second kappa shape index (κ2) is 8.99. The number of ketones is 1. The van der Waals surface area contributed by atoms with Crippen molar-refractivity contribution >= 4 is 11.8 Å². The fraction of sp³-hybridized carbons (Fsp3) is 0.440. The van der Waals surface area contributed by atoms with Crippen LogP contribution in [-0.4, -0.2) is 18.4 Å². The van der Waals surface area contributed by atoms with Crippen LogP contribution < -0.4 is 4.74 Å². The molecule has 0 unspecified atom stereocenters. The molecule has 0 radical (unpaired) electrons. The Kier molecular flexibility index (Phi) is 6.16. The van der Waals surface area contributed by atoms with Gasteiger partial charge in [-0.2, -0.15) is 0 Å². The Labute approximate surface area is 176 Å². The van der Waals surface area contributed by atoms with Gasteiger partial charge in [0.25, 0.3) is 0 Å². The summed E-state index contributed by atoms with van der Waals surface area (Å²) in [6.07, 6.45) is 4.00. The van der Waals surface area contributed by atoms with Gasteiger partial charge in [0.2, 0.25) is 0 Å². The van der Waals surface area contributed by atoms with Crippen LogP contribution in [0.15, 0.2) is 42.5 Å². The summed E-state index contributed by atoms with van der Waals surface area (Å²) in [7, 11) is 0. The molecule has 0 amide bonds. The highest BCUT2D eigenvalue weighted by Gasteiger charge is 2.40. The van der Waals surface area contributed by atoms with Crippen molar-refractivity contribution < 1.29 is 23.5 Å². The molecule has 2 saturated carbocycles. The first-order chi connectivity index (χ1) is 14.6. The quantitative estimate of drug-likeness (QED) is 0.429. The molecule has 2 aromatic carbocycles. The summed E-state index contributed by atoms with van der Waals surface area (Å²) >= 11 is 0. The second-order valence-corrected chi connectivity index (χ2v) is 8.18. The van der Waals surface area contributed by atoms with E-state index in [1.807, 2.05) is 30.3 Å². The molecular weight excluding hydrogens is 383 g/mol. The Bertz CT molecular complexity index is 920. The molecule has 0 spiro atoms. The average molecular weight is 410 g/mol. The van der Waals surface area contributed by atoms with Crippen LogP contribution in [0.2, 0.25) is 0 Å². The fourth-order valence-corrected chi connectivity index (χ4v) is 4.34. The van der Waals surface area contributed by atoms with Gasteiger partial charge in [0.05, 0.1) is 18.1 Å². The monoisotopic (exact) mass is 410 g/mol. The maximum atomic E-state index is 15.0. The van der Waals surface area contributed by atoms with Crippen LogP contribution in [0.1, 0.15) is 66.4 Å². The molecule has 2 aliphatic carbocycles. The molecule has 4 rings (SSSR count). The Balaban J connectivity index is 1.57. The van der Waals surface area contributed by atoms with Gasteiger partial charge in [0.1, 0.15) is 18.2 Å². The Hall–Kier alpha value is -2.69. The van der Waals surface area contributed by atoms with Crippen LogP contribution in [0.3, 0.4) is 0 Å². The highest BCUT2D eigenvalue weighted by atomic mass is 19.1. The van der Waals surface area contributed by atoms with Gasteiger partial charge < -0.3 is 9.47 Å². The zero-order valence-electron chi connectivity index (χ0n) is 17.2. The third kappa shape index (κ3) is 4.40. The SMILES string of the molecule is CCOC(=O)[C@@H]1CCC[C@H]1C(=O)c1cc(C2CC2)c(OCc2ccccc2)cc1F. The smallest absolute Gasteiger partial charge is 0.309 e. The van der Waals surface area contributed by atoms with E-state index < -0.39 is 17.7 Å². The largest absolute Gasteiger partial charge is 0.489 e. The third-order valence-electron chi connectivity index (χ3n) is 6.06. The van der Waals surface area contributed by atoms with Crippen molar-refractivity contribution in [3.8, 4) is 5.75 Å². The molecule has 0 aromatic heterocycles. The number of esters is 1. The predicted octanol–water partition coefficient (Wildman–Crippen LogP) is 5.44. The summed E-state index contributed by atoms with van der Waals surface area (Å²) < 4.78 is 26.1. The number of benzene rings is 2. The zero-order valence-corrected chi connectivity index (χ0v) is 17.2. The third-order valence-corrected chi connectivity index (χ3v) is 6.06. The molecule has 0 N–H and O–H groups in total. The molecule has 2 fully saturated rings. The van der Waals surface area contributed by atoms with Crippen molar-refractivity contribution in [2.45, 2.75) is 51.6 Å². The lowest BCUT2D eigenvalue weighted by molar-refractivity contribution is -0.148. The van der Waals surface area contributed by atoms with Crippen molar-refractivity contribution in [3.05, 3.63) is 65.0 Å². The van der Waals surface area contributed by atoms with Crippen LogP contribution in [0.25, 0.3) is 0 Å². The number of carbonyl (C=O) groups excluding carboxylic acids is 2. The van der Waals surface area contributed by atoms with E-state index in [0.29, 0.717) is 31.1 Å². The van der Waals surface area contributed by atoms with Crippen molar-refractivity contribution in [1.82, 2.24) is 0 Å². The molecule has 0 heterocycles. The normalized spacial score (nSPS) is 20.7. The molecule has 2 aromatic rings. The Morgan fingerprint density at radius 3 is 2.47 bits per heavy atom. The molecule has 30 heavy (non-hydrogen) atoms. The lowest BCUT2D eigenvalue weighted by atomic mass is 9.87. The first-order valence-corrected chi connectivity index (χ1v) is 10.8. The number of hydrogen-bond acceptors (Lipinski definition) is 4. The van der Waals surface area contributed by atoms with Crippen molar-refractivity contribution in [1.29, 1.82) is 0 Å². The van der Waals surface area contributed by atoms with Crippen LogP contribution in [0.4, 0.5) is 4.39 Å². The summed E-state index contributed by atoms with van der Waals surface area (Å²) in [5, 5.41) is 0. The number of ether oxygens (including phenoxy) is 2. The summed E-state index contributed by atoms with van der Waals surface area (Å²) in [6.45, 7) is 2.38. The van der Waals surface area contributed by atoms with E-state index in [4.69, 9.17) is 9.47 Å². The van der Waals surface area contributed by atoms with Gasteiger partial charge in [0, 0.05) is 12.0 Å². The van der Waals surface area contributed by atoms with Gasteiger partial charge in [0.15, 0.2) is 5.78 Å². The highest BCUT2D eigenvalue weighted by molar-refractivity contribution is 6.01. The minimum atomic E-state index is -0.582. The fourth-order valence-electron chi connectivity index (χ4n) is 4.34. The molecule has 158 valence electrons. The number of halogens is 1. The van der Waals surface area contributed by atoms with Crippen molar-refractivity contribution in [2.75, 3.05) is 6.61 Å². The minimum absolute atomic E-state index is 0.0742. The Morgan fingerprint density at radius 2 is 1.77 bits per heavy atom. The van der Waals surface area contributed by atoms with Crippen LogP contribution in [0.5, 0.6) is 5.75 Å². The molecule has 2 aliphatic rings. The van der Waals surface area contributed by atoms with E-state index in [1.165, 1.54) is 6.07 Å². The van der Waals surface area contributed by atoms with Gasteiger partial charge in [-0.3, -0.25) is 9.59 Å². The number of rotatable bonds is 8. The molecule has 0 bridgehead atoms. The maximum Gasteiger partial charge on any atom is 0.309 e. The zero-order chi connectivity index (χ0) is 21.1. The van der Waals surface area contributed by atoms with Gasteiger partial charge in [-0.05, 0) is 55.7 Å². The predicted molar refractivity (Wildman–Crippen MR) is 111 cm³/mol. The molecule has 4 nitrogen and oxygen atoms in total. The van der Waals surface area contributed by atoms with Crippen LogP contribution in [0, 0.1) is 17.7 Å². The van der Waals surface area contributed by atoms with Gasteiger partial charge >= 0.3 is 5.97 Å². The van der Waals surface area contributed by atoms with Crippen molar-refractivity contribution in [2.24, 2.45) is 11.8 Å². The van der Waals surface area contributed by atoms with E-state index in [0.717, 1.165) is 30.4 Å². The maximum absolute atomic E-state index is 15.0. The molecule has 2 atom stereocenters. The summed E-state index contributed by atoms with van der Waals surface area (Å²) in [4.78, 5) is 25.4. The molecule has 0 saturated heterocycles. The first kappa shape index (κ1) is 20.6. The first-order valence-electron chi connectivity index (χ1n) is 10.8. The number of carbonyl (C=O) groups is 2. The van der Waals surface area contributed by atoms with E-state index in [2.05, 4.69) is 0 Å². The molecule has 5 heteroatoms. The number of hydrogen-bond donors (Lipinski definition) is 0. The van der Waals surface area contributed by atoms with Gasteiger partial charge in [-0.1, -0.05) is 36.8 Å². The second-order valence-electron chi connectivity index (χ2n) is 8.18. The van der Waals surface area contributed by atoms with E-state index in [-0.39, 0.29) is 23.9 Å². The topological polar surface area (TPSA) is 52.6 Å². The molecular formula is C25H27FO4. The number of Topliss-reactive ketones (excluding diaryl/α,β-unsaturated/α-hetero) is 1. The molecule has 0 aliphatic heterocycles. The average Bonchev–Trinajstić information content (AvgIpc) is 3.48. The van der Waals surface area contributed by atoms with Crippen LogP contribution in [-0.2, 0) is 16.1 Å². The van der Waals surface area contributed by atoms with E-state index >= 15 is 4.39 Å². The lowest BCUT2D eigenvalue weighted by Gasteiger charge is -2.19. The van der Waals surface area contributed by atoms with Gasteiger partial charge in [-0.25, -0.2) is 4.39 Å².